The van der Waals surface area contributed by atoms with Gasteiger partial charge in [-0.3, -0.25) is 0 Å². The zero-order valence-electron chi connectivity index (χ0n) is 11.0. The molecule has 0 N–H and O–H groups in total. The molecular formula is C15H24O2. The Morgan fingerprint density at radius 1 is 1.41 bits per heavy atom. The molecule has 2 heteroatoms. The van der Waals surface area contributed by atoms with E-state index >= 15 is 0 Å². The topological polar surface area (TPSA) is 34.1 Å². The van der Waals surface area contributed by atoms with Crippen LogP contribution in [0.1, 0.15) is 52.4 Å². The lowest BCUT2D eigenvalue weighted by atomic mass is 9.70. The van der Waals surface area contributed by atoms with Crippen LogP contribution in [0.25, 0.3) is 0 Å². The Kier molecular flexibility index (Phi) is 5.60. The molecule has 1 aliphatic rings. The van der Waals surface area contributed by atoms with Crippen LogP contribution < -0.4 is 0 Å². The van der Waals surface area contributed by atoms with E-state index in [0.717, 1.165) is 51.1 Å². The van der Waals surface area contributed by atoms with Gasteiger partial charge in [0.15, 0.2) is 0 Å². The number of unbranched alkanes of at least 4 members (excludes halogenated alkanes) is 1. The lowest BCUT2D eigenvalue weighted by Gasteiger charge is -2.32. The second-order valence-electron chi connectivity index (χ2n) is 5.31. The van der Waals surface area contributed by atoms with Gasteiger partial charge in [0.2, 0.25) is 0 Å². The molecule has 0 saturated heterocycles. The zero-order valence-corrected chi connectivity index (χ0v) is 11.0. The van der Waals surface area contributed by atoms with E-state index < -0.39 is 0 Å². The largest absolute Gasteiger partial charge is 0.303 e. The van der Waals surface area contributed by atoms with Crippen molar-refractivity contribution in [3.05, 3.63) is 12.2 Å². The van der Waals surface area contributed by atoms with E-state index in [1.165, 1.54) is 0 Å². The van der Waals surface area contributed by atoms with Crippen molar-refractivity contribution >= 4 is 12.6 Å². The third kappa shape index (κ3) is 3.27. The molecule has 0 heterocycles. The molecule has 0 amide bonds. The summed E-state index contributed by atoms with van der Waals surface area (Å²) < 4.78 is 0. The van der Waals surface area contributed by atoms with E-state index in [4.69, 9.17) is 0 Å². The van der Waals surface area contributed by atoms with Crippen LogP contribution in [0.15, 0.2) is 12.2 Å². The SMILES string of the molecule is C/C=C\CCC[C@]1(C=O)CCC[C@H]1[C@@H](C)C=O. The molecule has 0 spiro atoms. The molecule has 1 aliphatic carbocycles. The summed E-state index contributed by atoms with van der Waals surface area (Å²) in [6.07, 6.45) is 12.5. The minimum Gasteiger partial charge on any atom is -0.303 e. The summed E-state index contributed by atoms with van der Waals surface area (Å²) >= 11 is 0. The number of carbonyl (C=O) groups excluding carboxylic acids is 2. The van der Waals surface area contributed by atoms with E-state index in [-0.39, 0.29) is 17.3 Å². The molecule has 0 aromatic carbocycles. The van der Waals surface area contributed by atoms with Crippen molar-refractivity contribution < 1.29 is 9.59 Å². The zero-order chi connectivity index (χ0) is 12.7. The summed E-state index contributed by atoms with van der Waals surface area (Å²) in [7, 11) is 0. The van der Waals surface area contributed by atoms with Gasteiger partial charge in [0.1, 0.15) is 12.6 Å². The summed E-state index contributed by atoms with van der Waals surface area (Å²) in [5, 5.41) is 0. The smallest absolute Gasteiger partial charge is 0.126 e. The van der Waals surface area contributed by atoms with Crippen LogP contribution in [0.2, 0.25) is 0 Å². The van der Waals surface area contributed by atoms with Crippen LogP contribution in [0, 0.1) is 17.3 Å². The van der Waals surface area contributed by atoms with Crippen LogP contribution in [-0.4, -0.2) is 12.6 Å². The molecular weight excluding hydrogens is 212 g/mol. The predicted octanol–water partition coefficient (Wildman–Crippen LogP) is 3.55. The summed E-state index contributed by atoms with van der Waals surface area (Å²) in [5.41, 5.74) is -0.220. The van der Waals surface area contributed by atoms with Gasteiger partial charge in [-0.25, -0.2) is 0 Å². The highest BCUT2D eigenvalue weighted by atomic mass is 16.1. The fourth-order valence-corrected chi connectivity index (χ4v) is 3.24. The maximum Gasteiger partial charge on any atom is 0.126 e. The maximum atomic E-state index is 11.5. The van der Waals surface area contributed by atoms with Gasteiger partial charge in [0.05, 0.1) is 0 Å². The first-order valence-electron chi connectivity index (χ1n) is 6.73. The Hall–Kier alpha value is -0.920. The van der Waals surface area contributed by atoms with Crippen LogP contribution in [0.3, 0.4) is 0 Å². The minimum absolute atomic E-state index is 0.0180. The molecule has 0 unspecified atom stereocenters. The van der Waals surface area contributed by atoms with Gasteiger partial charge in [0.25, 0.3) is 0 Å². The third-order valence-electron chi connectivity index (χ3n) is 4.23. The average molecular weight is 236 g/mol. The van der Waals surface area contributed by atoms with Crippen molar-refractivity contribution in [2.75, 3.05) is 0 Å². The van der Waals surface area contributed by atoms with Crippen molar-refractivity contribution in [1.82, 2.24) is 0 Å². The van der Waals surface area contributed by atoms with Gasteiger partial charge < -0.3 is 9.59 Å². The highest BCUT2D eigenvalue weighted by Gasteiger charge is 2.44. The second-order valence-corrected chi connectivity index (χ2v) is 5.31. The van der Waals surface area contributed by atoms with E-state index in [0.29, 0.717) is 0 Å². The van der Waals surface area contributed by atoms with Gasteiger partial charge in [-0.1, -0.05) is 25.5 Å². The van der Waals surface area contributed by atoms with Crippen molar-refractivity contribution in [2.24, 2.45) is 17.3 Å². The highest BCUT2D eigenvalue weighted by molar-refractivity contribution is 5.63. The number of hydrogen-bond donors (Lipinski definition) is 0. The number of hydrogen-bond acceptors (Lipinski definition) is 2. The number of allylic oxidation sites excluding steroid dienone is 2. The fourth-order valence-electron chi connectivity index (χ4n) is 3.24. The van der Waals surface area contributed by atoms with Crippen molar-refractivity contribution in [3.63, 3.8) is 0 Å². The standard InChI is InChI=1S/C15H24O2/c1-3-4-5-6-9-15(12-17)10-7-8-14(15)13(2)11-16/h3-4,11-14H,5-10H2,1-2H3/b4-3-/t13-,14-,15+/m0/s1. The van der Waals surface area contributed by atoms with Gasteiger partial charge in [-0.2, -0.15) is 0 Å². The molecule has 17 heavy (non-hydrogen) atoms. The molecule has 0 bridgehead atoms. The summed E-state index contributed by atoms with van der Waals surface area (Å²) in [6, 6.07) is 0. The molecule has 3 atom stereocenters. The fraction of sp³-hybridized carbons (Fsp3) is 0.733. The first kappa shape index (κ1) is 14.1. The highest BCUT2D eigenvalue weighted by Crippen LogP contribution is 2.48. The van der Waals surface area contributed by atoms with Gasteiger partial charge in [-0.15, -0.1) is 0 Å². The molecule has 0 radical (unpaired) electrons. The quantitative estimate of drug-likeness (QED) is 0.385. The lowest BCUT2D eigenvalue weighted by molar-refractivity contribution is -0.121. The molecule has 0 aromatic rings. The van der Waals surface area contributed by atoms with E-state index in [1.54, 1.807) is 0 Å². The lowest BCUT2D eigenvalue weighted by Crippen LogP contribution is -2.32. The van der Waals surface area contributed by atoms with Crippen LogP contribution in [-0.2, 0) is 9.59 Å². The number of aldehydes is 2. The summed E-state index contributed by atoms with van der Waals surface area (Å²) in [5.74, 6) is 0.285. The Labute approximate surface area is 104 Å². The second kappa shape index (κ2) is 6.73. The summed E-state index contributed by atoms with van der Waals surface area (Å²) in [4.78, 5) is 22.4. The number of rotatable bonds is 7. The van der Waals surface area contributed by atoms with Gasteiger partial charge in [0, 0.05) is 11.3 Å². The average Bonchev–Trinajstić information content (AvgIpc) is 2.78. The Morgan fingerprint density at radius 2 is 2.18 bits per heavy atom. The first-order valence-corrected chi connectivity index (χ1v) is 6.73. The molecule has 1 fully saturated rings. The molecule has 0 aromatic heterocycles. The van der Waals surface area contributed by atoms with E-state index in [1.807, 2.05) is 19.9 Å². The van der Waals surface area contributed by atoms with E-state index in [2.05, 4.69) is 6.08 Å². The Balaban J connectivity index is 2.64. The predicted molar refractivity (Wildman–Crippen MR) is 69.7 cm³/mol. The molecule has 2 nitrogen and oxygen atoms in total. The minimum atomic E-state index is -0.220. The van der Waals surface area contributed by atoms with Crippen molar-refractivity contribution in [3.8, 4) is 0 Å². The van der Waals surface area contributed by atoms with Crippen LogP contribution in [0.5, 0.6) is 0 Å². The number of carbonyl (C=O) groups is 2. The van der Waals surface area contributed by atoms with Gasteiger partial charge in [-0.05, 0) is 44.9 Å². The molecule has 1 rings (SSSR count). The Bertz CT molecular complexity index is 283. The maximum absolute atomic E-state index is 11.5. The normalized spacial score (nSPS) is 30.6. The van der Waals surface area contributed by atoms with Crippen LogP contribution in [0.4, 0.5) is 0 Å². The van der Waals surface area contributed by atoms with Crippen molar-refractivity contribution in [1.29, 1.82) is 0 Å². The third-order valence-corrected chi connectivity index (χ3v) is 4.23. The monoisotopic (exact) mass is 236 g/mol. The first-order chi connectivity index (χ1) is 8.20. The molecule has 96 valence electrons. The summed E-state index contributed by atoms with van der Waals surface area (Å²) in [6.45, 7) is 3.97. The Morgan fingerprint density at radius 3 is 2.76 bits per heavy atom. The van der Waals surface area contributed by atoms with Gasteiger partial charge >= 0.3 is 0 Å². The van der Waals surface area contributed by atoms with Crippen LogP contribution >= 0.6 is 0 Å². The van der Waals surface area contributed by atoms with E-state index in [9.17, 15) is 9.59 Å². The van der Waals surface area contributed by atoms with Crippen molar-refractivity contribution in [2.45, 2.75) is 52.4 Å². The molecule has 0 aliphatic heterocycles. The molecule has 1 saturated carbocycles.